The van der Waals surface area contributed by atoms with E-state index in [1.165, 1.54) is 42.5 Å². The van der Waals surface area contributed by atoms with E-state index in [2.05, 4.69) is 5.32 Å². The van der Waals surface area contributed by atoms with Gasteiger partial charge in [-0.05, 0) is 24.3 Å². The van der Waals surface area contributed by atoms with Crippen LogP contribution in [-0.4, -0.2) is 26.5 Å². The minimum Gasteiger partial charge on any atom is -0.478 e. The van der Waals surface area contributed by atoms with E-state index < -0.39 is 29.1 Å². The number of aromatic carboxylic acids is 1. The topological polar surface area (TPSA) is 145 Å². The number of carboxylic acid groups (broad SMARTS) is 1. The number of anilines is 1. The Bertz CT molecular complexity index is 1100. The van der Waals surface area contributed by atoms with Crippen LogP contribution in [0.1, 0.15) is 10.4 Å². The molecule has 0 aliphatic carbocycles. The lowest BCUT2D eigenvalue weighted by molar-refractivity contribution is -0.384. The number of oxazole rings is 1. The number of amides is 1. The standard InChI is InChI=1S/C16H11N3O7/c20-14(17-10-2-1-3-11(7-10)19(24)25)8-18-12-6-9(15(21)22)4-5-13(12)26-16(18)23/h1-7H,8H2,(H,17,20)(H,21,22). The number of fused-ring (bicyclic) bond motifs is 1. The van der Waals surface area contributed by atoms with Gasteiger partial charge in [-0.3, -0.25) is 19.5 Å². The fourth-order valence-electron chi connectivity index (χ4n) is 2.39. The Balaban J connectivity index is 1.87. The molecular weight excluding hydrogens is 346 g/mol. The van der Waals surface area contributed by atoms with E-state index >= 15 is 0 Å². The van der Waals surface area contributed by atoms with Crippen LogP contribution in [0.4, 0.5) is 11.4 Å². The number of hydrogen-bond acceptors (Lipinski definition) is 6. The summed E-state index contributed by atoms with van der Waals surface area (Å²) in [6, 6.07) is 9.16. The van der Waals surface area contributed by atoms with Gasteiger partial charge in [0.2, 0.25) is 5.91 Å². The first-order chi connectivity index (χ1) is 12.3. The molecule has 0 spiro atoms. The summed E-state index contributed by atoms with van der Waals surface area (Å²) in [6.07, 6.45) is 0. The molecule has 0 aliphatic heterocycles. The highest BCUT2D eigenvalue weighted by molar-refractivity contribution is 5.94. The average Bonchev–Trinajstić information content (AvgIpc) is 2.90. The number of rotatable bonds is 5. The van der Waals surface area contributed by atoms with Gasteiger partial charge in [-0.1, -0.05) is 6.07 Å². The van der Waals surface area contributed by atoms with Crippen molar-refractivity contribution in [1.82, 2.24) is 4.57 Å². The number of carbonyl (C=O) groups excluding carboxylic acids is 1. The first kappa shape index (κ1) is 16.9. The third-order valence-corrected chi connectivity index (χ3v) is 3.56. The van der Waals surface area contributed by atoms with Gasteiger partial charge in [0.1, 0.15) is 6.54 Å². The minimum absolute atomic E-state index is 0.0638. The van der Waals surface area contributed by atoms with E-state index in [0.29, 0.717) is 0 Å². The van der Waals surface area contributed by atoms with Crippen molar-refractivity contribution in [3.63, 3.8) is 0 Å². The number of carbonyl (C=O) groups is 2. The number of carboxylic acids is 1. The molecule has 0 saturated heterocycles. The highest BCUT2D eigenvalue weighted by Gasteiger charge is 2.16. The zero-order valence-electron chi connectivity index (χ0n) is 13.0. The number of aromatic nitrogens is 1. The largest absolute Gasteiger partial charge is 0.478 e. The molecule has 0 saturated carbocycles. The molecule has 0 atom stereocenters. The lowest BCUT2D eigenvalue weighted by atomic mass is 10.2. The van der Waals surface area contributed by atoms with Crippen LogP contribution in [0, 0.1) is 10.1 Å². The van der Waals surface area contributed by atoms with Crippen molar-refractivity contribution in [2.24, 2.45) is 0 Å². The van der Waals surface area contributed by atoms with Crippen molar-refractivity contribution in [2.45, 2.75) is 6.54 Å². The molecule has 0 bridgehead atoms. The molecule has 0 fully saturated rings. The summed E-state index contributed by atoms with van der Waals surface area (Å²) in [5.41, 5.74) is 0.231. The van der Waals surface area contributed by atoms with Gasteiger partial charge in [-0.15, -0.1) is 0 Å². The van der Waals surface area contributed by atoms with Crippen molar-refractivity contribution in [1.29, 1.82) is 0 Å². The Kier molecular flexibility index (Phi) is 4.23. The summed E-state index contributed by atoms with van der Waals surface area (Å²) >= 11 is 0. The Labute approximate surface area is 144 Å². The molecule has 3 rings (SSSR count). The second kappa shape index (κ2) is 6.51. The predicted octanol–water partition coefficient (Wildman–Crippen LogP) is 1.84. The lowest BCUT2D eigenvalue weighted by Crippen LogP contribution is -2.24. The maximum absolute atomic E-state index is 12.2. The zero-order valence-corrected chi connectivity index (χ0v) is 13.0. The molecule has 10 heteroatoms. The second-order valence-corrected chi connectivity index (χ2v) is 5.30. The molecule has 10 nitrogen and oxygen atoms in total. The van der Waals surface area contributed by atoms with Crippen LogP contribution in [0.25, 0.3) is 11.1 Å². The van der Waals surface area contributed by atoms with Gasteiger partial charge in [-0.2, -0.15) is 0 Å². The molecule has 1 heterocycles. The summed E-state index contributed by atoms with van der Waals surface area (Å²) in [4.78, 5) is 45.3. The van der Waals surface area contributed by atoms with E-state index in [0.717, 1.165) is 4.57 Å². The van der Waals surface area contributed by atoms with E-state index in [-0.39, 0.29) is 28.0 Å². The number of nitro benzene ring substituents is 1. The normalized spacial score (nSPS) is 10.6. The zero-order chi connectivity index (χ0) is 18.8. The first-order valence-corrected chi connectivity index (χ1v) is 7.26. The number of non-ortho nitro benzene ring substituents is 1. The summed E-state index contributed by atoms with van der Waals surface area (Å²) in [5.74, 6) is -2.64. The van der Waals surface area contributed by atoms with Crippen LogP contribution in [0.3, 0.4) is 0 Å². The van der Waals surface area contributed by atoms with Crippen molar-refractivity contribution in [3.05, 3.63) is 68.7 Å². The van der Waals surface area contributed by atoms with Gasteiger partial charge in [0.25, 0.3) is 5.69 Å². The quantitative estimate of drug-likeness (QED) is 0.523. The molecule has 2 N–H and O–H groups in total. The predicted molar refractivity (Wildman–Crippen MR) is 89.2 cm³/mol. The number of benzene rings is 2. The molecule has 132 valence electrons. The lowest BCUT2D eigenvalue weighted by Gasteiger charge is -2.06. The van der Waals surface area contributed by atoms with Crippen molar-refractivity contribution < 1.29 is 24.0 Å². The third kappa shape index (κ3) is 3.29. The molecule has 0 radical (unpaired) electrons. The monoisotopic (exact) mass is 357 g/mol. The Hall–Kier alpha value is -3.95. The van der Waals surface area contributed by atoms with Crippen molar-refractivity contribution in [2.75, 3.05) is 5.32 Å². The van der Waals surface area contributed by atoms with Gasteiger partial charge >= 0.3 is 11.7 Å². The van der Waals surface area contributed by atoms with Gasteiger partial charge in [0.05, 0.1) is 16.0 Å². The molecule has 0 aliphatic rings. The number of nitrogens with zero attached hydrogens (tertiary/aromatic N) is 2. The average molecular weight is 357 g/mol. The van der Waals surface area contributed by atoms with Crippen LogP contribution in [0.5, 0.6) is 0 Å². The first-order valence-electron chi connectivity index (χ1n) is 7.26. The van der Waals surface area contributed by atoms with Crippen LogP contribution < -0.4 is 11.1 Å². The third-order valence-electron chi connectivity index (χ3n) is 3.56. The molecule has 2 aromatic carbocycles. The number of hydrogen-bond donors (Lipinski definition) is 2. The number of nitrogens with one attached hydrogen (secondary N) is 1. The van der Waals surface area contributed by atoms with Crippen LogP contribution in [0.2, 0.25) is 0 Å². The Morgan fingerprint density at radius 2 is 2.00 bits per heavy atom. The summed E-state index contributed by atoms with van der Waals surface area (Å²) in [6.45, 7) is -0.447. The van der Waals surface area contributed by atoms with Gasteiger partial charge in [0.15, 0.2) is 5.58 Å². The molecule has 1 amide bonds. The fraction of sp³-hybridized carbons (Fsp3) is 0.0625. The van der Waals surface area contributed by atoms with Crippen LogP contribution >= 0.6 is 0 Å². The van der Waals surface area contributed by atoms with Gasteiger partial charge in [0, 0.05) is 17.8 Å². The van der Waals surface area contributed by atoms with E-state index in [9.17, 15) is 24.5 Å². The van der Waals surface area contributed by atoms with Gasteiger partial charge in [-0.25, -0.2) is 9.59 Å². The summed E-state index contributed by atoms with van der Waals surface area (Å²) < 4.78 is 5.96. The Morgan fingerprint density at radius 1 is 1.23 bits per heavy atom. The van der Waals surface area contributed by atoms with Crippen molar-refractivity contribution in [3.8, 4) is 0 Å². The summed E-state index contributed by atoms with van der Waals surface area (Å²) in [7, 11) is 0. The number of nitro groups is 1. The molecule has 3 aromatic rings. The van der Waals surface area contributed by atoms with Gasteiger partial charge < -0.3 is 14.8 Å². The molecule has 1 aromatic heterocycles. The van der Waals surface area contributed by atoms with E-state index in [4.69, 9.17) is 9.52 Å². The molecule has 26 heavy (non-hydrogen) atoms. The SMILES string of the molecule is O=C(Cn1c(=O)oc2ccc(C(=O)O)cc21)Nc1cccc([N+](=O)[O-])c1. The van der Waals surface area contributed by atoms with Crippen molar-refractivity contribution >= 4 is 34.4 Å². The smallest absolute Gasteiger partial charge is 0.420 e. The summed E-state index contributed by atoms with van der Waals surface area (Å²) in [5, 5.41) is 22.2. The highest BCUT2D eigenvalue weighted by Crippen LogP contribution is 2.18. The molecule has 0 unspecified atom stereocenters. The highest BCUT2D eigenvalue weighted by atomic mass is 16.6. The second-order valence-electron chi connectivity index (χ2n) is 5.30. The minimum atomic E-state index is -1.19. The Morgan fingerprint density at radius 3 is 2.69 bits per heavy atom. The maximum atomic E-state index is 12.2. The van der Waals surface area contributed by atoms with Crippen LogP contribution in [-0.2, 0) is 11.3 Å². The van der Waals surface area contributed by atoms with E-state index in [1.807, 2.05) is 0 Å². The fourth-order valence-corrected chi connectivity index (χ4v) is 2.39. The maximum Gasteiger partial charge on any atom is 0.420 e. The molecular formula is C16H11N3O7. The van der Waals surface area contributed by atoms with Crippen LogP contribution in [0.15, 0.2) is 51.7 Å². The van der Waals surface area contributed by atoms with E-state index in [1.54, 1.807) is 0 Å².